The molecule has 0 saturated carbocycles. The number of hydrogen-bond donors (Lipinski definition) is 1. The van der Waals surface area contributed by atoms with Crippen molar-refractivity contribution in [2.45, 2.75) is 40.0 Å². The van der Waals surface area contributed by atoms with Gasteiger partial charge in [0.15, 0.2) is 5.43 Å². The minimum atomic E-state index is 0.114. The minimum absolute atomic E-state index is 0.114. The van der Waals surface area contributed by atoms with Crippen molar-refractivity contribution in [1.29, 1.82) is 0 Å². The third kappa shape index (κ3) is 2.50. The zero-order valence-corrected chi connectivity index (χ0v) is 12.0. The van der Waals surface area contributed by atoms with Crippen molar-refractivity contribution < 1.29 is 4.74 Å². The third-order valence-electron chi connectivity index (χ3n) is 3.27. The predicted molar refractivity (Wildman–Crippen MR) is 79.2 cm³/mol. The molecule has 3 nitrogen and oxygen atoms in total. The van der Waals surface area contributed by atoms with Gasteiger partial charge >= 0.3 is 0 Å². The maximum absolute atomic E-state index is 12.5. The molecule has 19 heavy (non-hydrogen) atoms. The summed E-state index contributed by atoms with van der Waals surface area (Å²) in [4.78, 5) is 15.9. The number of ether oxygens (including phenoxy) is 1. The molecule has 0 bridgehead atoms. The highest BCUT2D eigenvalue weighted by atomic mass is 16.5. The number of aromatic amines is 1. The summed E-state index contributed by atoms with van der Waals surface area (Å²) in [6.45, 7) is 8.76. The molecule has 0 fully saturated rings. The van der Waals surface area contributed by atoms with Gasteiger partial charge in [-0.25, -0.2) is 0 Å². The molecule has 0 aliphatic heterocycles. The lowest BCUT2D eigenvalue weighted by molar-refractivity contribution is 0.320. The molecule has 2 rings (SSSR count). The number of nitrogens with one attached hydrogen (secondary N) is 1. The number of rotatable bonds is 4. The van der Waals surface area contributed by atoms with Crippen LogP contribution in [0.3, 0.4) is 0 Å². The molecule has 0 saturated heterocycles. The van der Waals surface area contributed by atoms with Gasteiger partial charge in [-0.1, -0.05) is 26.8 Å². The van der Waals surface area contributed by atoms with E-state index >= 15 is 0 Å². The quantitative estimate of drug-likeness (QED) is 0.908. The van der Waals surface area contributed by atoms with Gasteiger partial charge in [-0.15, -0.1) is 0 Å². The van der Waals surface area contributed by atoms with Gasteiger partial charge in [0.1, 0.15) is 5.75 Å². The third-order valence-corrected chi connectivity index (χ3v) is 3.27. The molecule has 0 unspecified atom stereocenters. The summed E-state index contributed by atoms with van der Waals surface area (Å²) in [5.41, 5.74) is 2.71. The summed E-state index contributed by atoms with van der Waals surface area (Å²) in [7, 11) is 0. The molecule has 0 aliphatic carbocycles. The van der Waals surface area contributed by atoms with Crippen LogP contribution in [-0.2, 0) is 0 Å². The topological polar surface area (TPSA) is 42.1 Å². The molecule has 0 radical (unpaired) electrons. The van der Waals surface area contributed by atoms with Crippen LogP contribution in [0.1, 0.15) is 44.4 Å². The smallest absolute Gasteiger partial charge is 0.193 e. The Labute approximate surface area is 113 Å². The number of benzene rings is 1. The fourth-order valence-corrected chi connectivity index (χ4v) is 2.45. The number of fused-ring (bicyclic) bond motifs is 1. The number of H-pyrrole nitrogens is 1. The second kappa shape index (κ2) is 5.47. The van der Waals surface area contributed by atoms with E-state index in [1.165, 1.54) is 0 Å². The summed E-state index contributed by atoms with van der Waals surface area (Å²) in [6.07, 6.45) is 0.948. The first kappa shape index (κ1) is 13.7. The van der Waals surface area contributed by atoms with Gasteiger partial charge in [0.2, 0.25) is 0 Å². The monoisotopic (exact) mass is 259 g/mol. The Morgan fingerprint density at radius 2 is 2.05 bits per heavy atom. The van der Waals surface area contributed by atoms with Crippen LogP contribution >= 0.6 is 0 Å². The van der Waals surface area contributed by atoms with Gasteiger partial charge in [0.25, 0.3) is 0 Å². The normalized spacial score (nSPS) is 11.2. The van der Waals surface area contributed by atoms with E-state index in [1.54, 1.807) is 0 Å². The number of hydrogen-bond acceptors (Lipinski definition) is 2. The van der Waals surface area contributed by atoms with E-state index < -0.39 is 0 Å². The van der Waals surface area contributed by atoms with Crippen LogP contribution in [0.15, 0.2) is 23.0 Å². The lowest BCUT2D eigenvalue weighted by Crippen LogP contribution is -2.15. The zero-order chi connectivity index (χ0) is 14.0. The molecule has 1 aromatic carbocycles. The Balaban J connectivity index is 2.69. The highest BCUT2D eigenvalue weighted by Gasteiger charge is 2.14. The second-order valence-electron chi connectivity index (χ2n) is 5.17. The molecule has 2 aromatic rings. The Morgan fingerprint density at radius 1 is 1.32 bits per heavy atom. The van der Waals surface area contributed by atoms with E-state index in [0.29, 0.717) is 12.0 Å². The van der Waals surface area contributed by atoms with E-state index in [-0.39, 0.29) is 11.3 Å². The number of aromatic nitrogens is 1. The van der Waals surface area contributed by atoms with Crippen molar-refractivity contribution in [3.8, 4) is 5.75 Å². The van der Waals surface area contributed by atoms with Crippen molar-refractivity contribution in [3.63, 3.8) is 0 Å². The van der Waals surface area contributed by atoms with Gasteiger partial charge in [0.05, 0.1) is 12.1 Å². The van der Waals surface area contributed by atoms with Crippen molar-refractivity contribution in [2.75, 3.05) is 6.61 Å². The van der Waals surface area contributed by atoms with Crippen LogP contribution in [0.25, 0.3) is 10.9 Å². The first-order chi connectivity index (χ1) is 9.06. The summed E-state index contributed by atoms with van der Waals surface area (Å²) < 4.78 is 5.71. The molecular weight excluding hydrogens is 238 g/mol. The number of para-hydroxylation sites is 1. The molecule has 1 aromatic heterocycles. The SMILES string of the molecule is CCCOc1cccc2c(=O)c(C(C)C)c(C)[nH]c12. The standard InChI is InChI=1S/C16H21NO2/c1-5-9-19-13-8-6-7-12-15(13)17-11(4)14(10(2)3)16(12)18/h6-8,10H,5,9H2,1-4H3,(H,17,18). The van der Waals surface area contributed by atoms with Crippen LogP contribution < -0.4 is 10.2 Å². The highest BCUT2D eigenvalue weighted by Crippen LogP contribution is 2.25. The Morgan fingerprint density at radius 3 is 2.68 bits per heavy atom. The van der Waals surface area contributed by atoms with Crippen LogP contribution in [0.5, 0.6) is 5.75 Å². The summed E-state index contributed by atoms with van der Waals surface area (Å²) >= 11 is 0. The molecule has 0 atom stereocenters. The van der Waals surface area contributed by atoms with Crippen molar-refractivity contribution in [2.24, 2.45) is 0 Å². The molecule has 0 spiro atoms. The molecule has 0 aliphatic rings. The van der Waals surface area contributed by atoms with Crippen molar-refractivity contribution >= 4 is 10.9 Å². The molecule has 3 heteroatoms. The Kier molecular flexibility index (Phi) is 3.93. The van der Waals surface area contributed by atoms with Gasteiger partial charge in [0, 0.05) is 16.6 Å². The Hall–Kier alpha value is -1.77. The highest BCUT2D eigenvalue weighted by molar-refractivity contribution is 5.85. The van der Waals surface area contributed by atoms with Crippen LogP contribution in [0.2, 0.25) is 0 Å². The van der Waals surface area contributed by atoms with E-state index in [2.05, 4.69) is 11.9 Å². The predicted octanol–water partition coefficient (Wildman–Crippen LogP) is 3.75. The summed E-state index contributed by atoms with van der Waals surface area (Å²) in [6, 6.07) is 5.64. The Bertz CT molecular complexity index is 641. The van der Waals surface area contributed by atoms with Gasteiger partial charge in [-0.05, 0) is 31.4 Å². The van der Waals surface area contributed by atoms with E-state index in [0.717, 1.165) is 28.9 Å². The minimum Gasteiger partial charge on any atom is -0.491 e. The number of pyridine rings is 1. The fourth-order valence-electron chi connectivity index (χ4n) is 2.45. The molecule has 102 valence electrons. The molecule has 1 heterocycles. The number of aryl methyl sites for hydroxylation is 1. The van der Waals surface area contributed by atoms with Gasteiger partial charge < -0.3 is 9.72 Å². The maximum atomic E-state index is 12.5. The first-order valence-corrected chi connectivity index (χ1v) is 6.84. The maximum Gasteiger partial charge on any atom is 0.193 e. The lowest BCUT2D eigenvalue weighted by Gasteiger charge is -2.13. The van der Waals surface area contributed by atoms with Gasteiger partial charge in [-0.2, -0.15) is 0 Å². The molecular formula is C16H21NO2. The van der Waals surface area contributed by atoms with E-state index in [1.807, 2.05) is 39.0 Å². The second-order valence-corrected chi connectivity index (χ2v) is 5.17. The van der Waals surface area contributed by atoms with E-state index in [4.69, 9.17) is 4.74 Å². The summed E-state index contributed by atoms with van der Waals surface area (Å²) in [5.74, 6) is 0.975. The average molecular weight is 259 g/mol. The van der Waals surface area contributed by atoms with Crippen LogP contribution in [0.4, 0.5) is 0 Å². The van der Waals surface area contributed by atoms with E-state index in [9.17, 15) is 4.79 Å². The fraction of sp³-hybridized carbons (Fsp3) is 0.438. The van der Waals surface area contributed by atoms with Gasteiger partial charge in [-0.3, -0.25) is 4.79 Å². The first-order valence-electron chi connectivity index (χ1n) is 6.84. The largest absolute Gasteiger partial charge is 0.491 e. The van der Waals surface area contributed by atoms with Crippen molar-refractivity contribution in [1.82, 2.24) is 4.98 Å². The van der Waals surface area contributed by atoms with Crippen molar-refractivity contribution in [3.05, 3.63) is 39.7 Å². The lowest BCUT2D eigenvalue weighted by atomic mass is 9.99. The zero-order valence-electron chi connectivity index (χ0n) is 12.0. The molecule has 1 N–H and O–H groups in total. The summed E-state index contributed by atoms with van der Waals surface area (Å²) in [5, 5.41) is 0.711. The van der Waals surface area contributed by atoms with Crippen LogP contribution in [-0.4, -0.2) is 11.6 Å². The average Bonchev–Trinajstić information content (AvgIpc) is 2.36. The van der Waals surface area contributed by atoms with Crippen LogP contribution in [0, 0.1) is 6.92 Å². The molecule has 0 amide bonds.